The number of unbranched alkanes of at least 4 members (excludes halogenated alkanes) is 16. The van der Waals surface area contributed by atoms with Gasteiger partial charge in [0.25, 0.3) is 0 Å². The van der Waals surface area contributed by atoms with E-state index in [4.69, 9.17) is 4.74 Å². The van der Waals surface area contributed by atoms with Crippen molar-refractivity contribution in [2.45, 2.75) is 186 Å². The Morgan fingerprint density at radius 1 is 0.585 bits per heavy atom. The van der Waals surface area contributed by atoms with Gasteiger partial charge in [0.05, 0.1) is 18.3 Å². The number of aliphatic hydroxyl groups is 2. The van der Waals surface area contributed by atoms with Gasteiger partial charge in [-0.25, -0.2) is 0 Å². The third kappa shape index (κ3) is 22.2. The quantitative estimate of drug-likeness (QED) is 0.0830. The highest BCUT2D eigenvalue weighted by Crippen LogP contribution is 2.20. The number of aliphatic hydroxyl groups excluding tert-OH is 2. The van der Waals surface area contributed by atoms with Crippen LogP contribution in [-0.2, 0) is 11.2 Å². The lowest BCUT2D eigenvalue weighted by molar-refractivity contribution is 0.0495. The average Bonchev–Trinajstić information content (AvgIpc) is 2.96. The van der Waals surface area contributed by atoms with Crippen LogP contribution in [0.5, 0.6) is 5.75 Å². The Morgan fingerprint density at radius 2 is 0.976 bits per heavy atom. The molecular formula is C37H68O4. The van der Waals surface area contributed by atoms with E-state index in [1.165, 1.54) is 102 Å². The van der Waals surface area contributed by atoms with Gasteiger partial charge in [-0.3, -0.25) is 0 Å². The highest BCUT2D eigenvalue weighted by molar-refractivity contribution is 5.25. The fourth-order valence-electron chi connectivity index (χ4n) is 6.23. The second-order valence-corrected chi connectivity index (χ2v) is 12.8. The third-order valence-corrected chi connectivity index (χ3v) is 9.02. The largest absolute Gasteiger partial charge is 0.508 e. The van der Waals surface area contributed by atoms with Gasteiger partial charge in [-0.1, -0.05) is 135 Å². The molecule has 0 heterocycles. The summed E-state index contributed by atoms with van der Waals surface area (Å²) in [6, 6.07) is 7.65. The van der Waals surface area contributed by atoms with Crippen LogP contribution in [0, 0.1) is 5.92 Å². The first-order valence-electron chi connectivity index (χ1n) is 17.6. The monoisotopic (exact) mass is 577 g/mol. The molecule has 0 unspecified atom stereocenters. The molecule has 41 heavy (non-hydrogen) atoms. The van der Waals surface area contributed by atoms with E-state index in [1.54, 1.807) is 19.2 Å². The predicted octanol–water partition coefficient (Wildman–Crippen LogP) is 10.3. The molecule has 0 radical (unpaired) electrons. The van der Waals surface area contributed by atoms with Gasteiger partial charge in [0.1, 0.15) is 5.75 Å². The second-order valence-electron chi connectivity index (χ2n) is 12.8. The number of phenolic OH excluding ortho intramolecular Hbond substituents is 1. The van der Waals surface area contributed by atoms with Crippen LogP contribution in [0.2, 0.25) is 0 Å². The minimum Gasteiger partial charge on any atom is -0.508 e. The van der Waals surface area contributed by atoms with Gasteiger partial charge >= 0.3 is 0 Å². The Morgan fingerprint density at radius 3 is 1.41 bits per heavy atom. The van der Waals surface area contributed by atoms with Gasteiger partial charge in [-0.05, 0) is 68.6 Å². The molecule has 0 aliphatic heterocycles. The molecule has 1 rings (SSSR count). The number of methoxy groups -OCH3 is 1. The van der Waals surface area contributed by atoms with Crippen molar-refractivity contribution in [3.8, 4) is 5.75 Å². The number of hydrogen-bond donors (Lipinski definition) is 3. The van der Waals surface area contributed by atoms with E-state index in [0.717, 1.165) is 51.4 Å². The van der Waals surface area contributed by atoms with Crippen LogP contribution in [0.25, 0.3) is 0 Å². The molecule has 3 N–H and O–H groups in total. The fraction of sp³-hybridized carbons (Fsp3) is 0.838. The number of rotatable bonds is 29. The Balaban J connectivity index is 1.78. The standard InChI is InChI=1S/C37H68O4/c1-4-37(41-3)32(2)23-21-22-26-36(40)31-35(39)25-20-18-16-14-12-10-8-6-5-7-9-11-13-15-17-19-24-33-27-29-34(38)30-28-33/h27-30,32,35-40H,4-26,31H2,1-3H3/t32-,35+,36+,37+/m0/s1. The first kappa shape index (κ1) is 37.9. The van der Waals surface area contributed by atoms with Gasteiger partial charge in [-0.2, -0.15) is 0 Å². The molecule has 240 valence electrons. The van der Waals surface area contributed by atoms with Crippen molar-refractivity contribution in [3.05, 3.63) is 29.8 Å². The molecule has 0 amide bonds. The molecule has 4 nitrogen and oxygen atoms in total. The smallest absolute Gasteiger partial charge is 0.115 e. The lowest BCUT2D eigenvalue weighted by Gasteiger charge is -2.21. The van der Waals surface area contributed by atoms with Gasteiger partial charge in [0.15, 0.2) is 0 Å². The summed E-state index contributed by atoms with van der Waals surface area (Å²) in [7, 11) is 1.80. The number of aromatic hydroxyl groups is 1. The summed E-state index contributed by atoms with van der Waals surface area (Å²) < 4.78 is 5.53. The van der Waals surface area contributed by atoms with Crippen LogP contribution < -0.4 is 0 Å². The van der Waals surface area contributed by atoms with Crippen molar-refractivity contribution in [3.63, 3.8) is 0 Å². The molecule has 0 saturated heterocycles. The maximum atomic E-state index is 10.3. The lowest BCUT2D eigenvalue weighted by Crippen LogP contribution is -2.20. The molecule has 1 aromatic carbocycles. The first-order chi connectivity index (χ1) is 20.0. The molecule has 0 spiro atoms. The molecular weight excluding hydrogens is 508 g/mol. The van der Waals surface area contributed by atoms with Crippen LogP contribution in [-0.4, -0.2) is 40.7 Å². The summed E-state index contributed by atoms with van der Waals surface area (Å²) in [5, 5.41) is 29.9. The molecule has 1 aromatic rings. The van der Waals surface area contributed by atoms with E-state index in [0.29, 0.717) is 24.2 Å². The first-order valence-corrected chi connectivity index (χ1v) is 17.6. The van der Waals surface area contributed by atoms with E-state index in [-0.39, 0.29) is 12.2 Å². The molecule has 4 atom stereocenters. The number of benzene rings is 1. The minimum atomic E-state index is -0.363. The van der Waals surface area contributed by atoms with Gasteiger partial charge in [-0.15, -0.1) is 0 Å². The van der Waals surface area contributed by atoms with Crippen molar-refractivity contribution in [2.75, 3.05) is 7.11 Å². The van der Waals surface area contributed by atoms with Crippen LogP contribution in [0.3, 0.4) is 0 Å². The Bertz CT molecular complexity index is 672. The van der Waals surface area contributed by atoms with Gasteiger partial charge in [0, 0.05) is 7.11 Å². The van der Waals surface area contributed by atoms with Crippen molar-refractivity contribution < 1.29 is 20.1 Å². The summed E-state index contributed by atoms with van der Waals surface area (Å²) in [5.41, 5.74) is 1.33. The molecule has 0 bridgehead atoms. The highest BCUT2D eigenvalue weighted by atomic mass is 16.5. The molecule has 0 saturated carbocycles. The normalized spacial score (nSPS) is 14.7. The Kier molecular flexibility index (Phi) is 24.5. The maximum absolute atomic E-state index is 10.3. The SMILES string of the molecule is CC[C@@H](OC)[C@@H](C)CCCC[C@@H](O)C[C@H](O)CCCCCCCCCCCCCCCCCCc1ccc(O)cc1. The fourth-order valence-corrected chi connectivity index (χ4v) is 6.23. The van der Waals surface area contributed by atoms with E-state index in [1.807, 2.05) is 12.1 Å². The summed E-state index contributed by atoms with van der Waals surface area (Å²) in [6.45, 7) is 4.43. The molecule has 0 aromatic heterocycles. The van der Waals surface area contributed by atoms with Crippen molar-refractivity contribution in [2.24, 2.45) is 5.92 Å². The minimum absolute atomic E-state index is 0.345. The number of aryl methyl sites for hydroxylation is 1. The molecule has 4 heteroatoms. The van der Waals surface area contributed by atoms with E-state index >= 15 is 0 Å². The van der Waals surface area contributed by atoms with Crippen molar-refractivity contribution in [1.82, 2.24) is 0 Å². The molecule has 0 fully saturated rings. The number of phenols is 1. The molecule has 0 aliphatic carbocycles. The second kappa shape index (κ2) is 26.5. The highest BCUT2D eigenvalue weighted by Gasteiger charge is 2.15. The van der Waals surface area contributed by atoms with E-state index in [2.05, 4.69) is 13.8 Å². The van der Waals surface area contributed by atoms with Crippen LogP contribution in [0.1, 0.15) is 167 Å². The maximum Gasteiger partial charge on any atom is 0.115 e. The van der Waals surface area contributed by atoms with Gasteiger partial charge in [0.2, 0.25) is 0 Å². The summed E-state index contributed by atoms with van der Waals surface area (Å²) >= 11 is 0. The average molecular weight is 577 g/mol. The van der Waals surface area contributed by atoms with E-state index in [9.17, 15) is 15.3 Å². The van der Waals surface area contributed by atoms with Crippen LogP contribution in [0.4, 0.5) is 0 Å². The Hall–Kier alpha value is -1.10. The van der Waals surface area contributed by atoms with Crippen molar-refractivity contribution in [1.29, 1.82) is 0 Å². The zero-order chi connectivity index (χ0) is 30.0. The summed E-state index contributed by atoms with van der Waals surface area (Å²) in [4.78, 5) is 0. The van der Waals surface area contributed by atoms with Crippen LogP contribution >= 0.6 is 0 Å². The number of hydrogen-bond acceptors (Lipinski definition) is 4. The van der Waals surface area contributed by atoms with Gasteiger partial charge < -0.3 is 20.1 Å². The summed E-state index contributed by atoms with van der Waals surface area (Å²) in [5.74, 6) is 0.927. The number of ether oxygens (including phenoxy) is 1. The third-order valence-electron chi connectivity index (χ3n) is 9.02. The van der Waals surface area contributed by atoms with Crippen LogP contribution in [0.15, 0.2) is 24.3 Å². The lowest BCUT2D eigenvalue weighted by atomic mass is 9.94. The predicted molar refractivity (Wildman–Crippen MR) is 176 cm³/mol. The topological polar surface area (TPSA) is 69.9 Å². The summed E-state index contributed by atoms with van der Waals surface area (Å²) in [6.07, 6.45) is 28.6. The zero-order valence-electron chi connectivity index (χ0n) is 27.3. The zero-order valence-corrected chi connectivity index (χ0v) is 27.3. The van der Waals surface area contributed by atoms with E-state index < -0.39 is 0 Å². The molecule has 0 aliphatic rings. The Labute approximate surface area is 254 Å². The van der Waals surface area contributed by atoms with Crippen molar-refractivity contribution >= 4 is 0 Å².